The van der Waals surface area contributed by atoms with Crippen molar-refractivity contribution in [1.82, 2.24) is 0 Å². The first-order chi connectivity index (χ1) is 8.56. The highest BCUT2D eigenvalue weighted by molar-refractivity contribution is 9.10. The van der Waals surface area contributed by atoms with Gasteiger partial charge in [-0.3, -0.25) is 0 Å². The van der Waals surface area contributed by atoms with Crippen LogP contribution in [0.15, 0.2) is 46.9 Å². The lowest BCUT2D eigenvalue weighted by Crippen LogP contribution is -2.08. The van der Waals surface area contributed by atoms with Crippen molar-refractivity contribution in [3.05, 3.63) is 58.1 Å². The highest BCUT2D eigenvalue weighted by atomic mass is 79.9. The van der Waals surface area contributed by atoms with Crippen LogP contribution >= 0.6 is 15.9 Å². The van der Waals surface area contributed by atoms with E-state index in [1.54, 1.807) is 36.4 Å². The molecule has 0 fully saturated rings. The third-order valence-electron chi connectivity index (χ3n) is 2.40. The van der Waals surface area contributed by atoms with E-state index in [0.29, 0.717) is 5.75 Å². The summed E-state index contributed by atoms with van der Waals surface area (Å²) < 4.78 is 6.06. The summed E-state index contributed by atoms with van der Waals surface area (Å²) in [6.07, 6.45) is 0. The van der Waals surface area contributed by atoms with Crippen LogP contribution in [0.5, 0.6) is 11.5 Å². The van der Waals surface area contributed by atoms with E-state index in [1.807, 2.05) is 6.92 Å². The van der Waals surface area contributed by atoms with Crippen molar-refractivity contribution in [2.75, 3.05) is 0 Å². The molecule has 0 saturated carbocycles. The number of hydrogen-bond acceptors (Lipinski definition) is 3. The van der Waals surface area contributed by atoms with Gasteiger partial charge in [0, 0.05) is 4.47 Å². The van der Waals surface area contributed by atoms with E-state index in [0.717, 1.165) is 10.0 Å². The Morgan fingerprint density at radius 2 is 1.83 bits per heavy atom. The molecule has 2 aromatic carbocycles. The van der Waals surface area contributed by atoms with Crippen LogP contribution in [0.3, 0.4) is 0 Å². The Balaban J connectivity index is 2.19. The summed E-state index contributed by atoms with van der Waals surface area (Å²) in [5, 5.41) is 9.68. The smallest absolute Gasteiger partial charge is 0.347 e. The topological polar surface area (TPSA) is 46.5 Å². The number of aryl methyl sites for hydroxylation is 1. The molecule has 2 aromatic rings. The molecule has 0 heterocycles. The quantitative estimate of drug-likeness (QED) is 0.680. The van der Waals surface area contributed by atoms with Gasteiger partial charge in [0.2, 0.25) is 0 Å². The Hall–Kier alpha value is -1.81. The summed E-state index contributed by atoms with van der Waals surface area (Å²) >= 11 is 3.30. The first-order valence-electron chi connectivity index (χ1n) is 5.33. The molecular formula is C14H11BrO3. The fourth-order valence-electron chi connectivity index (χ4n) is 1.48. The molecule has 0 spiro atoms. The van der Waals surface area contributed by atoms with E-state index in [-0.39, 0.29) is 11.3 Å². The fraction of sp³-hybridized carbons (Fsp3) is 0.0714. The Morgan fingerprint density at radius 3 is 2.44 bits per heavy atom. The van der Waals surface area contributed by atoms with Crippen molar-refractivity contribution in [3.63, 3.8) is 0 Å². The average Bonchev–Trinajstić information content (AvgIpc) is 2.32. The van der Waals surface area contributed by atoms with Crippen LogP contribution in [0.4, 0.5) is 0 Å². The van der Waals surface area contributed by atoms with Crippen LogP contribution in [0.2, 0.25) is 0 Å². The maximum atomic E-state index is 11.8. The van der Waals surface area contributed by atoms with Crippen molar-refractivity contribution >= 4 is 21.9 Å². The first kappa shape index (κ1) is 12.6. The van der Waals surface area contributed by atoms with Gasteiger partial charge in [-0.1, -0.05) is 22.0 Å². The maximum absolute atomic E-state index is 11.8. The number of halogens is 1. The number of hydrogen-bond donors (Lipinski definition) is 1. The second-order valence-electron chi connectivity index (χ2n) is 3.86. The summed E-state index contributed by atoms with van der Waals surface area (Å²) in [6.45, 7) is 1.84. The third kappa shape index (κ3) is 2.90. The zero-order valence-electron chi connectivity index (χ0n) is 9.68. The minimum Gasteiger partial charge on any atom is -0.507 e. The lowest BCUT2D eigenvalue weighted by molar-refractivity contribution is 0.0731. The normalized spacial score (nSPS) is 10.1. The van der Waals surface area contributed by atoms with Crippen LogP contribution in [-0.4, -0.2) is 11.1 Å². The molecule has 92 valence electrons. The van der Waals surface area contributed by atoms with E-state index in [9.17, 15) is 9.90 Å². The summed E-state index contributed by atoms with van der Waals surface area (Å²) in [6, 6.07) is 11.7. The Labute approximate surface area is 113 Å². The Bertz CT molecular complexity index is 576. The van der Waals surface area contributed by atoms with Gasteiger partial charge in [0.15, 0.2) is 0 Å². The largest absolute Gasteiger partial charge is 0.507 e. The summed E-state index contributed by atoms with van der Waals surface area (Å²) in [5.74, 6) is -0.213. The third-order valence-corrected chi connectivity index (χ3v) is 2.93. The molecule has 4 heteroatoms. The van der Waals surface area contributed by atoms with Crippen molar-refractivity contribution in [2.24, 2.45) is 0 Å². The van der Waals surface area contributed by atoms with Gasteiger partial charge in [0.25, 0.3) is 0 Å². The zero-order chi connectivity index (χ0) is 13.1. The predicted molar refractivity (Wildman–Crippen MR) is 71.9 cm³/mol. The van der Waals surface area contributed by atoms with E-state index < -0.39 is 5.97 Å². The highest BCUT2D eigenvalue weighted by Gasteiger charge is 2.13. The Morgan fingerprint density at radius 1 is 1.17 bits per heavy atom. The first-order valence-corrected chi connectivity index (χ1v) is 6.13. The van der Waals surface area contributed by atoms with E-state index >= 15 is 0 Å². The van der Waals surface area contributed by atoms with Crippen molar-refractivity contribution in [2.45, 2.75) is 6.92 Å². The van der Waals surface area contributed by atoms with Crippen LogP contribution in [0, 0.1) is 6.92 Å². The van der Waals surface area contributed by atoms with Gasteiger partial charge in [-0.05, 0) is 48.9 Å². The van der Waals surface area contributed by atoms with Gasteiger partial charge in [0.05, 0.1) is 0 Å². The lowest BCUT2D eigenvalue weighted by atomic mass is 10.1. The van der Waals surface area contributed by atoms with Crippen molar-refractivity contribution in [1.29, 1.82) is 0 Å². The van der Waals surface area contributed by atoms with E-state index in [4.69, 9.17) is 4.74 Å². The number of aromatic hydroxyl groups is 1. The summed E-state index contributed by atoms with van der Waals surface area (Å²) in [7, 11) is 0. The highest BCUT2D eigenvalue weighted by Crippen LogP contribution is 2.22. The molecule has 0 atom stereocenters. The second kappa shape index (κ2) is 5.23. The standard InChI is InChI=1S/C14H11BrO3/c1-9-2-7-12(13(16)8-9)14(17)18-11-5-3-10(15)4-6-11/h2-8,16H,1H3. The molecule has 0 aliphatic heterocycles. The average molecular weight is 307 g/mol. The minimum absolute atomic E-state index is 0.0721. The number of esters is 1. The molecule has 0 unspecified atom stereocenters. The molecule has 0 aliphatic carbocycles. The van der Waals surface area contributed by atoms with Crippen LogP contribution in [0.25, 0.3) is 0 Å². The number of ether oxygens (including phenoxy) is 1. The van der Waals surface area contributed by atoms with Gasteiger partial charge >= 0.3 is 5.97 Å². The number of rotatable bonds is 2. The van der Waals surface area contributed by atoms with Crippen LogP contribution in [0.1, 0.15) is 15.9 Å². The van der Waals surface area contributed by atoms with Gasteiger partial charge in [-0.15, -0.1) is 0 Å². The Kier molecular flexibility index (Phi) is 3.67. The molecule has 0 aromatic heterocycles. The van der Waals surface area contributed by atoms with Gasteiger partial charge in [0.1, 0.15) is 17.1 Å². The van der Waals surface area contributed by atoms with Gasteiger partial charge in [-0.2, -0.15) is 0 Å². The molecule has 0 saturated heterocycles. The molecular weight excluding hydrogens is 296 g/mol. The molecule has 0 amide bonds. The number of phenolic OH excluding ortho intramolecular Hbond substituents is 1. The fourth-order valence-corrected chi connectivity index (χ4v) is 1.74. The molecule has 2 rings (SSSR count). The molecule has 0 aliphatic rings. The lowest BCUT2D eigenvalue weighted by Gasteiger charge is -2.06. The molecule has 3 nitrogen and oxygen atoms in total. The van der Waals surface area contributed by atoms with Crippen LogP contribution < -0.4 is 4.74 Å². The number of carbonyl (C=O) groups is 1. The van der Waals surface area contributed by atoms with Crippen molar-refractivity contribution in [3.8, 4) is 11.5 Å². The number of phenols is 1. The summed E-state index contributed by atoms with van der Waals surface area (Å²) in [4.78, 5) is 11.8. The molecule has 0 radical (unpaired) electrons. The van der Waals surface area contributed by atoms with E-state index in [2.05, 4.69) is 15.9 Å². The monoisotopic (exact) mass is 306 g/mol. The maximum Gasteiger partial charge on any atom is 0.347 e. The molecule has 0 bridgehead atoms. The predicted octanol–water partition coefficient (Wildman–Crippen LogP) is 3.68. The molecule has 1 N–H and O–H groups in total. The number of carbonyl (C=O) groups excluding carboxylic acids is 1. The van der Waals surface area contributed by atoms with Gasteiger partial charge in [-0.25, -0.2) is 4.79 Å². The van der Waals surface area contributed by atoms with Crippen molar-refractivity contribution < 1.29 is 14.6 Å². The zero-order valence-corrected chi connectivity index (χ0v) is 11.3. The second-order valence-corrected chi connectivity index (χ2v) is 4.78. The SMILES string of the molecule is Cc1ccc(C(=O)Oc2ccc(Br)cc2)c(O)c1. The summed E-state index contributed by atoms with van der Waals surface area (Å²) in [5.41, 5.74) is 1.04. The van der Waals surface area contributed by atoms with E-state index in [1.165, 1.54) is 6.07 Å². The minimum atomic E-state index is -0.574. The number of benzene rings is 2. The van der Waals surface area contributed by atoms with Gasteiger partial charge < -0.3 is 9.84 Å². The molecule has 18 heavy (non-hydrogen) atoms. The van der Waals surface area contributed by atoms with Crippen LogP contribution in [-0.2, 0) is 0 Å².